The Labute approximate surface area is 276 Å². The first-order valence-corrected chi connectivity index (χ1v) is 19.0. The Morgan fingerprint density at radius 1 is 0.756 bits per heavy atom. The van der Waals surface area contributed by atoms with Crippen molar-refractivity contribution in [2.75, 3.05) is 40.9 Å². The van der Waals surface area contributed by atoms with Gasteiger partial charge in [0, 0.05) is 6.42 Å². The van der Waals surface area contributed by atoms with Crippen LogP contribution in [0.3, 0.4) is 0 Å². The molecule has 0 aliphatic rings. The lowest BCUT2D eigenvalue weighted by atomic mass is 10.1. The molecule has 9 heteroatoms. The summed E-state index contributed by atoms with van der Waals surface area (Å²) in [4.78, 5) is 22.9. The molecule has 3 atom stereocenters. The van der Waals surface area contributed by atoms with E-state index in [0.717, 1.165) is 64.2 Å². The van der Waals surface area contributed by atoms with E-state index < -0.39 is 20.0 Å². The second kappa shape index (κ2) is 28.7. The Morgan fingerprint density at radius 3 is 1.98 bits per heavy atom. The van der Waals surface area contributed by atoms with Gasteiger partial charge in [-0.05, 0) is 57.8 Å². The van der Waals surface area contributed by atoms with Crippen LogP contribution in [0, 0.1) is 0 Å². The molecule has 0 saturated carbocycles. The summed E-state index contributed by atoms with van der Waals surface area (Å²) in [7, 11) is 1.53. The van der Waals surface area contributed by atoms with Crippen molar-refractivity contribution in [2.24, 2.45) is 0 Å². The van der Waals surface area contributed by atoms with Crippen molar-refractivity contribution < 1.29 is 32.9 Å². The fraction of sp³-hybridized carbons (Fsp3) is 0.750. The minimum Gasteiger partial charge on any atom is -0.387 e. The predicted molar refractivity (Wildman–Crippen MR) is 189 cm³/mol. The highest BCUT2D eigenvalue weighted by Gasteiger charge is 2.27. The zero-order valence-electron chi connectivity index (χ0n) is 29.3. The Hall–Kier alpha value is -1.54. The number of aliphatic hydroxyl groups excluding tert-OH is 1. The molecule has 262 valence electrons. The monoisotopic (exact) mass is 655 g/mol. The molecule has 0 aromatic carbocycles. The number of allylic oxidation sites excluding steroid dienone is 7. The van der Waals surface area contributed by atoms with Crippen molar-refractivity contribution >= 4 is 13.7 Å². The van der Waals surface area contributed by atoms with E-state index in [1.165, 1.54) is 38.5 Å². The number of hydrogen-bond acceptors (Lipinski definition) is 5. The second-order valence-corrected chi connectivity index (χ2v) is 14.3. The molecule has 8 nitrogen and oxygen atoms in total. The fourth-order valence-electron chi connectivity index (χ4n) is 4.36. The Morgan fingerprint density at radius 2 is 1.31 bits per heavy atom. The molecule has 0 spiro atoms. The number of aliphatic hydroxyl groups is 1. The lowest BCUT2D eigenvalue weighted by molar-refractivity contribution is -0.870. The van der Waals surface area contributed by atoms with Crippen LogP contribution in [0.2, 0.25) is 0 Å². The first kappa shape index (κ1) is 43.5. The van der Waals surface area contributed by atoms with Crippen LogP contribution in [-0.2, 0) is 18.4 Å². The van der Waals surface area contributed by atoms with Crippen LogP contribution in [0.25, 0.3) is 0 Å². The molecule has 0 rings (SSSR count). The topological polar surface area (TPSA) is 105 Å². The van der Waals surface area contributed by atoms with Gasteiger partial charge in [0.05, 0.1) is 39.9 Å². The molecule has 0 aliphatic carbocycles. The maximum absolute atomic E-state index is 12.7. The third-order valence-corrected chi connectivity index (χ3v) is 8.26. The zero-order valence-corrected chi connectivity index (χ0v) is 30.2. The van der Waals surface area contributed by atoms with Crippen LogP contribution in [0.1, 0.15) is 123 Å². The van der Waals surface area contributed by atoms with Crippen molar-refractivity contribution in [2.45, 2.75) is 135 Å². The number of carbonyl (C=O) groups is 1. The van der Waals surface area contributed by atoms with Crippen molar-refractivity contribution in [1.82, 2.24) is 5.32 Å². The maximum atomic E-state index is 12.7. The number of likely N-dealkylation sites (N-methyl/N-ethyl adjacent to an activating group) is 1. The largest absolute Gasteiger partial charge is 0.472 e. The van der Waals surface area contributed by atoms with E-state index in [0.29, 0.717) is 17.4 Å². The number of unbranched alkanes of at least 4 members (excludes halogenated alkanes) is 11. The van der Waals surface area contributed by atoms with Gasteiger partial charge in [-0.15, -0.1) is 0 Å². The van der Waals surface area contributed by atoms with Crippen LogP contribution in [-0.4, -0.2) is 73.4 Å². The molecule has 0 fully saturated rings. The molecule has 3 unspecified atom stereocenters. The molecule has 0 aliphatic heterocycles. The molecule has 3 N–H and O–H groups in total. The number of quaternary nitrogens is 1. The first-order valence-electron chi connectivity index (χ1n) is 17.5. The highest BCUT2D eigenvalue weighted by atomic mass is 31.2. The summed E-state index contributed by atoms with van der Waals surface area (Å²) in [6, 6.07) is -0.867. The highest BCUT2D eigenvalue weighted by molar-refractivity contribution is 7.47. The Bertz CT molecular complexity index is 881. The predicted octanol–water partition coefficient (Wildman–Crippen LogP) is 8.57. The smallest absolute Gasteiger partial charge is 0.387 e. The number of phosphoric acid groups is 1. The minimum absolute atomic E-state index is 0.0511. The summed E-state index contributed by atoms with van der Waals surface area (Å²) < 4.78 is 23.3. The molecule has 0 bridgehead atoms. The van der Waals surface area contributed by atoms with Crippen molar-refractivity contribution in [3.05, 3.63) is 48.6 Å². The van der Waals surface area contributed by atoms with E-state index in [-0.39, 0.29) is 19.1 Å². The normalized spacial score (nSPS) is 15.4. The third-order valence-electron chi connectivity index (χ3n) is 7.27. The van der Waals surface area contributed by atoms with Gasteiger partial charge in [-0.3, -0.25) is 13.8 Å². The fourth-order valence-corrected chi connectivity index (χ4v) is 5.10. The summed E-state index contributed by atoms with van der Waals surface area (Å²) in [5.41, 5.74) is 0. The maximum Gasteiger partial charge on any atom is 0.472 e. The van der Waals surface area contributed by atoms with Crippen molar-refractivity contribution in [3.8, 4) is 0 Å². The van der Waals surface area contributed by atoms with E-state index in [1.54, 1.807) is 6.08 Å². The molecule has 0 aromatic heterocycles. The van der Waals surface area contributed by atoms with E-state index >= 15 is 0 Å². The van der Waals surface area contributed by atoms with Crippen LogP contribution < -0.4 is 5.32 Å². The van der Waals surface area contributed by atoms with Gasteiger partial charge in [0.15, 0.2) is 0 Å². The second-order valence-electron chi connectivity index (χ2n) is 12.9. The number of hydrogen-bond donors (Lipinski definition) is 3. The van der Waals surface area contributed by atoms with Crippen LogP contribution >= 0.6 is 7.82 Å². The molecule has 0 saturated heterocycles. The molecule has 45 heavy (non-hydrogen) atoms. The average molecular weight is 656 g/mol. The van der Waals surface area contributed by atoms with E-state index in [1.807, 2.05) is 27.2 Å². The highest BCUT2D eigenvalue weighted by Crippen LogP contribution is 2.43. The molecular weight excluding hydrogens is 587 g/mol. The third kappa shape index (κ3) is 30.9. The zero-order chi connectivity index (χ0) is 33.7. The Balaban J connectivity index is 4.63. The van der Waals surface area contributed by atoms with Gasteiger partial charge in [0.25, 0.3) is 0 Å². The van der Waals surface area contributed by atoms with Gasteiger partial charge >= 0.3 is 7.82 Å². The Kier molecular flexibility index (Phi) is 27.7. The van der Waals surface area contributed by atoms with E-state index in [9.17, 15) is 19.4 Å². The van der Waals surface area contributed by atoms with Crippen molar-refractivity contribution in [1.29, 1.82) is 0 Å². The van der Waals surface area contributed by atoms with Gasteiger partial charge in [-0.1, -0.05) is 107 Å². The van der Waals surface area contributed by atoms with Crippen molar-refractivity contribution in [3.63, 3.8) is 0 Å². The molecule has 0 aromatic rings. The van der Waals surface area contributed by atoms with Crippen LogP contribution in [0.15, 0.2) is 48.6 Å². The molecular formula is C36H68N2O6P+. The number of amides is 1. The summed E-state index contributed by atoms with van der Waals surface area (Å²) in [5.74, 6) is -0.209. The lowest BCUT2D eigenvalue weighted by Gasteiger charge is -2.25. The van der Waals surface area contributed by atoms with E-state index in [2.05, 4.69) is 55.6 Å². The number of nitrogens with one attached hydrogen (secondary N) is 1. The molecule has 1 amide bonds. The van der Waals surface area contributed by atoms with Gasteiger partial charge < -0.3 is 19.8 Å². The standard InChI is InChI=1S/C36H67N2O6P/c1-6-8-10-12-14-16-17-18-19-20-22-24-26-28-30-36(40)37-34(33-44-45(41,42)43-32-31-38(3,4)5)35(39)29-27-25-23-21-15-13-11-9-7-2/h12,14-15,17-18,21,27,29,34-35,39H,6-11,13,16,19-20,22-26,28,30-33H2,1-5H3,(H-,37,40,41,42)/p+1/b14-12-,18-17-,21-15+,29-27+. The lowest BCUT2D eigenvalue weighted by Crippen LogP contribution is -2.45. The summed E-state index contributed by atoms with van der Waals surface area (Å²) in [5, 5.41) is 13.6. The first-order chi connectivity index (χ1) is 21.5. The van der Waals surface area contributed by atoms with Gasteiger partial charge in [-0.2, -0.15) is 0 Å². The summed E-state index contributed by atoms with van der Waals surface area (Å²) >= 11 is 0. The quantitative estimate of drug-likeness (QED) is 0.0310. The van der Waals surface area contributed by atoms with Gasteiger partial charge in [0.2, 0.25) is 5.91 Å². The van der Waals surface area contributed by atoms with Gasteiger partial charge in [-0.25, -0.2) is 4.57 Å². The number of rotatable bonds is 30. The molecule has 0 heterocycles. The number of carbonyl (C=O) groups excluding carboxylic acids is 1. The van der Waals surface area contributed by atoms with Gasteiger partial charge in [0.1, 0.15) is 13.2 Å². The van der Waals surface area contributed by atoms with Crippen LogP contribution in [0.5, 0.6) is 0 Å². The summed E-state index contributed by atoms with van der Waals surface area (Å²) in [6.45, 7) is 4.64. The average Bonchev–Trinajstić information content (AvgIpc) is 2.97. The number of nitrogens with zero attached hydrogens (tertiary/aromatic N) is 1. The minimum atomic E-state index is -4.33. The van der Waals surface area contributed by atoms with E-state index in [4.69, 9.17) is 9.05 Å². The van der Waals surface area contributed by atoms with Crippen LogP contribution in [0.4, 0.5) is 0 Å². The molecule has 0 radical (unpaired) electrons. The summed E-state index contributed by atoms with van der Waals surface area (Å²) in [6.07, 6.45) is 33.2. The SMILES string of the molecule is CCCC/C=C\C/C=C\CCCCCCCC(=O)NC(COP(=O)(O)OCC[N+](C)(C)C)C(O)/C=C/CC/C=C/CCCCC. The number of phosphoric ester groups is 1.